The zero-order valence-corrected chi connectivity index (χ0v) is 47.0. The molecule has 0 saturated carbocycles. The van der Waals surface area contributed by atoms with E-state index < -0.39 is 35.3 Å². The van der Waals surface area contributed by atoms with Gasteiger partial charge in [0.15, 0.2) is 11.6 Å². The fourth-order valence-electron chi connectivity index (χ4n) is 10.1. The van der Waals surface area contributed by atoms with Crippen molar-refractivity contribution in [3.63, 3.8) is 0 Å². The Kier molecular flexibility index (Phi) is 17.2. The number of carbonyl (C=O) groups is 1. The maximum atomic E-state index is 15.9. The third-order valence-corrected chi connectivity index (χ3v) is 16.3. The molecule has 2 fully saturated rings. The number of ether oxygens (including phenoxy) is 8. The smallest absolute Gasteiger partial charge is 0.348 e. The molecule has 11 rings (SSSR count). The Morgan fingerprint density at radius 1 is 0.936 bits per heavy atom. The standard InChI is InChI=1S/C58H64Cl2F2N6O9S/c1-34-46-35(2)50(60)51(49(34)59)75-42(27-68-21-19-67(6)20-22-68)31-73-41-11-12-44(74-28-40-15-18-63-53(66-40)37-13-16-58(62,17-14-37)32-71-30-43-29-70-23-24-72-43)38(25-41)26-45(56(69)77-57(3,4)5)76-54-48-47(46)52(78-55(48)65-33-64-54)36-7-9-39(61)10-8-36/h7-13,15,18,25,33,42-43,45H,14,16-17,19-24,26-32H2,1-6H3/t42-,43-,45-,58-/m1/s1. The molecule has 0 spiro atoms. The number of alkyl halides is 1. The van der Waals surface area contributed by atoms with Crippen LogP contribution in [0.25, 0.3) is 37.4 Å². The first-order valence-electron chi connectivity index (χ1n) is 26.3. The summed E-state index contributed by atoms with van der Waals surface area (Å²) in [5.41, 5.74) is 2.91. The minimum atomic E-state index is -1.52. The lowest BCUT2D eigenvalue weighted by Gasteiger charge is -2.35. The van der Waals surface area contributed by atoms with Crippen LogP contribution in [-0.4, -0.2) is 145 Å². The summed E-state index contributed by atoms with van der Waals surface area (Å²) >= 11 is 16.2. The molecule has 0 unspecified atom stereocenters. The first kappa shape index (κ1) is 55.7. The van der Waals surface area contributed by atoms with Crippen molar-refractivity contribution >= 4 is 56.3 Å². The van der Waals surface area contributed by atoms with Crippen LogP contribution in [0.2, 0.25) is 10.0 Å². The number of carbonyl (C=O) groups excluding carboxylic acids is 1. The molecule has 4 aliphatic heterocycles. The molecule has 3 aromatic heterocycles. The van der Waals surface area contributed by atoms with E-state index in [1.807, 2.05) is 26.0 Å². The molecule has 0 radical (unpaired) electrons. The highest BCUT2D eigenvalue weighted by Crippen LogP contribution is 2.53. The minimum Gasteiger partial charge on any atom is -0.490 e. The van der Waals surface area contributed by atoms with Crippen molar-refractivity contribution in [1.29, 1.82) is 0 Å². The van der Waals surface area contributed by atoms with Crippen LogP contribution in [0.15, 0.2) is 67.1 Å². The van der Waals surface area contributed by atoms with Crippen molar-refractivity contribution < 1.29 is 51.5 Å². The summed E-state index contributed by atoms with van der Waals surface area (Å²) in [6.45, 7) is 15.0. The molecular formula is C58H64Cl2F2N6O9S. The Labute approximate surface area is 467 Å². The molecule has 78 heavy (non-hydrogen) atoms. The summed E-state index contributed by atoms with van der Waals surface area (Å²) < 4.78 is 80.4. The molecule has 20 heteroatoms. The van der Waals surface area contributed by atoms with Gasteiger partial charge in [-0.25, -0.2) is 33.5 Å². The third kappa shape index (κ3) is 13.0. The monoisotopic (exact) mass is 1130 g/mol. The summed E-state index contributed by atoms with van der Waals surface area (Å²) in [6, 6.07) is 13.4. The number of allylic oxidation sites excluding steroid dienone is 2. The molecule has 0 amide bonds. The number of piperazine rings is 1. The highest BCUT2D eigenvalue weighted by molar-refractivity contribution is 7.22. The lowest BCUT2D eigenvalue weighted by Crippen LogP contribution is -2.49. The normalized spacial score (nSPS) is 21.5. The predicted molar refractivity (Wildman–Crippen MR) is 295 cm³/mol. The summed E-state index contributed by atoms with van der Waals surface area (Å²) in [5, 5.41) is 1.10. The molecule has 4 bridgehead atoms. The van der Waals surface area contributed by atoms with E-state index in [9.17, 15) is 9.18 Å². The number of fused-ring (bicyclic) bond motifs is 7. The maximum Gasteiger partial charge on any atom is 0.348 e. The Morgan fingerprint density at radius 2 is 1.72 bits per heavy atom. The summed E-state index contributed by atoms with van der Waals surface area (Å²) in [6.07, 6.45) is 3.64. The first-order chi connectivity index (χ1) is 37.5. The molecule has 7 heterocycles. The number of benzene rings is 3. The molecule has 15 nitrogen and oxygen atoms in total. The fourth-order valence-corrected chi connectivity index (χ4v) is 11.7. The Hall–Kier alpha value is -5.57. The van der Waals surface area contributed by atoms with Crippen molar-refractivity contribution in [1.82, 2.24) is 29.7 Å². The van der Waals surface area contributed by atoms with Gasteiger partial charge in [-0.15, -0.1) is 11.3 Å². The predicted octanol–water partition coefficient (Wildman–Crippen LogP) is 10.9. The van der Waals surface area contributed by atoms with Gasteiger partial charge in [-0.05, 0) is 119 Å². The number of aromatic nitrogens is 4. The van der Waals surface area contributed by atoms with Gasteiger partial charge in [0.05, 0.1) is 54.2 Å². The van der Waals surface area contributed by atoms with Gasteiger partial charge in [-0.2, -0.15) is 0 Å². The average molecular weight is 1130 g/mol. The number of esters is 1. The second-order valence-corrected chi connectivity index (χ2v) is 23.1. The van der Waals surface area contributed by atoms with E-state index in [4.69, 9.17) is 76.0 Å². The SMILES string of the molecule is Cc1c(Cl)c2c(Cl)c(C)c1-c1c(-c3ccc(F)cc3)sc3ncnc(c13)O[C@@H](C(=O)OC(C)(C)C)Cc1cc(ccc1OCc1ccnc(C3=CC[C@](F)(COC[C@H]4COCCO4)CC3)n1)OC[C@@H](CN1CCN(C)CC1)O2. The van der Waals surface area contributed by atoms with Crippen molar-refractivity contribution in [2.24, 2.45) is 0 Å². The van der Waals surface area contributed by atoms with Crippen molar-refractivity contribution in [3.05, 3.63) is 111 Å². The van der Waals surface area contributed by atoms with Crippen LogP contribution in [0.3, 0.4) is 0 Å². The molecule has 6 aromatic rings. The van der Waals surface area contributed by atoms with Gasteiger partial charge in [-0.3, -0.25) is 4.90 Å². The quantitative estimate of drug-likeness (QED) is 0.107. The number of halogens is 4. The molecular weight excluding hydrogens is 1070 g/mol. The van der Waals surface area contributed by atoms with Crippen molar-refractivity contribution in [2.45, 2.75) is 96.5 Å². The van der Waals surface area contributed by atoms with Crippen LogP contribution in [0.4, 0.5) is 8.78 Å². The maximum absolute atomic E-state index is 15.9. The Balaban J connectivity index is 1.01. The van der Waals surface area contributed by atoms with Gasteiger partial charge in [0.2, 0.25) is 12.0 Å². The topological polar surface area (TPSA) is 149 Å². The van der Waals surface area contributed by atoms with Gasteiger partial charge in [0.25, 0.3) is 0 Å². The van der Waals surface area contributed by atoms with Gasteiger partial charge in [-0.1, -0.05) is 41.4 Å². The van der Waals surface area contributed by atoms with E-state index in [2.05, 4.69) is 21.8 Å². The van der Waals surface area contributed by atoms with Crippen molar-refractivity contribution in [3.8, 4) is 44.7 Å². The lowest BCUT2D eigenvalue weighted by atomic mass is 9.87. The minimum absolute atomic E-state index is 0.0249. The fraction of sp³-hybridized carbons (Fsp3) is 0.466. The molecule has 2 saturated heterocycles. The summed E-state index contributed by atoms with van der Waals surface area (Å²) in [7, 11) is 2.11. The first-order valence-corrected chi connectivity index (χ1v) is 27.9. The van der Waals surface area contributed by atoms with Crippen LogP contribution in [0.5, 0.6) is 23.1 Å². The Morgan fingerprint density at radius 3 is 2.44 bits per heavy atom. The zero-order valence-electron chi connectivity index (χ0n) is 44.7. The van der Waals surface area contributed by atoms with Crippen LogP contribution >= 0.6 is 34.5 Å². The Bertz CT molecular complexity index is 3140. The van der Waals surface area contributed by atoms with E-state index in [-0.39, 0.29) is 57.7 Å². The third-order valence-electron chi connectivity index (χ3n) is 14.2. The number of thiophene rings is 1. The van der Waals surface area contributed by atoms with Crippen LogP contribution < -0.4 is 18.9 Å². The van der Waals surface area contributed by atoms with E-state index in [0.717, 1.165) is 36.6 Å². The number of likely N-dealkylation sites (N-methyl/N-ethyl adjacent to an activating group) is 1. The number of hydrogen-bond acceptors (Lipinski definition) is 16. The molecule has 3 aromatic carbocycles. The van der Waals surface area contributed by atoms with Crippen LogP contribution in [-0.2, 0) is 36.8 Å². The van der Waals surface area contributed by atoms with Crippen molar-refractivity contribution in [2.75, 3.05) is 79.4 Å². The number of rotatable bonds is 12. The number of hydrogen-bond donors (Lipinski definition) is 0. The highest BCUT2D eigenvalue weighted by Gasteiger charge is 2.36. The lowest BCUT2D eigenvalue weighted by molar-refractivity contribution is -0.163. The summed E-state index contributed by atoms with van der Waals surface area (Å²) in [4.78, 5) is 39.4. The van der Waals surface area contributed by atoms with E-state index >= 15 is 4.39 Å². The second kappa shape index (κ2) is 24.0. The molecule has 5 aliphatic rings. The van der Waals surface area contributed by atoms with E-state index in [1.165, 1.54) is 29.8 Å². The molecule has 4 atom stereocenters. The average Bonchev–Trinajstić information content (AvgIpc) is 3.85. The number of nitrogens with zero attached hydrogens (tertiary/aromatic N) is 6. The second-order valence-electron chi connectivity index (χ2n) is 21.3. The molecule has 414 valence electrons. The molecule has 0 N–H and O–H groups in total. The van der Waals surface area contributed by atoms with E-state index in [1.54, 1.807) is 57.3 Å². The van der Waals surface area contributed by atoms with Gasteiger partial charge in [0, 0.05) is 67.8 Å². The van der Waals surface area contributed by atoms with Crippen LogP contribution in [0, 0.1) is 19.7 Å². The van der Waals surface area contributed by atoms with Gasteiger partial charge < -0.3 is 42.8 Å². The van der Waals surface area contributed by atoms with E-state index in [0.29, 0.717) is 115 Å². The van der Waals surface area contributed by atoms with Gasteiger partial charge in [0.1, 0.15) is 65.2 Å². The van der Waals surface area contributed by atoms with Crippen LogP contribution in [0.1, 0.15) is 68.2 Å². The summed E-state index contributed by atoms with van der Waals surface area (Å²) in [5.74, 6) is 0.762. The highest BCUT2D eigenvalue weighted by atomic mass is 35.5. The largest absolute Gasteiger partial charge is 0.490 e. The molecule has 1 aliphatic carbocycles. The van der Waals surface area contributed by atoms with Gasteiger partial charge >= 0.3 is 5.97 Å². The zero-order chi connectivity index (χ0) is 54.7.